The summed E-state index contributed by atoms with van der Waals surface area (Å²) in [4.78, 5) is 16.1. The molecule has 1 aromatic carbocycles. The summed E-state index contributed by atoms with van der Waals surface area (Å²) in [6.45, 7) is 4.92. The summed E-state index contributed by atoms with van der Waals surface area (Å²) in [5.41, 5.74) is 4.06. The summed E-state index contributed by atoms with van der Waals surface area (Å²) in [6, 6.07) is 3.70. The second-order valence-electron chi connectivity index (χ2n) is 8.79. The number of benzene rings is 1. The van der Waals surface area contributed by atoms with Crippen molar-refractivity contribution < 1.29 is 18.3 Å². The van der Waals surface area contributed by atoms with Gasteiger partial charge in [-0.25, -0.2) is 8.78 Å². The molecule has 0 atom stereocenters. The molecule has 3 aliphatic rings. The number of carbonyl (C=O) groups is 1. The first-order chi connectivity index (χ1) is 15.4. The lowest BCUT2D eigenvalue weighted by atomic mass is 9.98. The summed E-state index contributed by atoms with van der Waals surface area (Å²) in [5.74, 6) is 0.851. The van der Waals surface area contributed by atoms with Gasteiger partial charge in [-0.05, 0) is 43.4 Å². The predicted octanol–water partition coefficient (Wildman–Crippen LogP) is 4.92. The quantitative estimate of drug-likeness (QED) is 0.590. The molecule has 5 rings (SSSR count). The van der Waals surface area contributed by atoms with Crippen molar-refractivity contribution in [3.8, 4) is 0 Å². The van der Waals surface area contributed by atoms with Gasteiger partial charge in [-0.1, -0.05) is 15.9 Å². The topological polar surface area (TPSA) is 50.6 Å². The van der Waals surface area contributed by atoms with Gasteiger partial charge in [-0.2, -0.15) is 5.10 Å². The van der Waals surface area contributed by atoms with Gasteiger partial charge >= 0.3 is 0 Å². The van der Waals surface area contributed by atoms with Crippen molar-refractivity contribution in [1.82, 2.24) is 14.7 Å². The molecule has 0 radical (unpaired) electrons. The summed E-state index contributed by atoms with van der Waals surface area (Å²) in [5, 5.41) is 5.08. The van der Waals surface area contributed by atoms with Gasteiger partial charge in [-0.15, -0.1) is 0 Å². The molecule has 0 spiro atoms. The van der Waals surface area contributed by atoms with E-state index < -0.39 is 6.43 Å². The zero-order valence-corrected chi connectivity index (χ0v) is 19.7. The highest BCUT2D eigenvalue weighted by Crippen LogP contribution is 2.42. The Morgan fingerprint density at radius 3 is 2.72 bits per heavy atom. The monoisotopic (exact) mass is 508 g/mol. The van der Waals surface area contributed by atoms with Gasteiger partial charge in [0.1, 0.15) is 0 Å². The van der Waals surface area contributed by atoms with Crippen LogP contribution in [0.2, 0.25) is 0 Å². The molecular weight excluding hydrogens is 482 g/mol. The van der Waals surface area contributed by atoms with Crippen LogP contribution in [0, 0.1) is 0 Å². The SMILES string of the molecule is CC(=O)N1CCc2c(c(N3CCCc4cc(Br)c(C(F)F)cc43)nn2C2CCOCC2)C1. The fraction of sp³-hybridized carbons (Fsp3) is 0.565. The van der Waals surface area contributed by atoms with E-state index >= 15 is 0 Å². The summed E-state index contributed by atoms with van der Waals surface area (Å²) in [7, 11) is 0. The molecule has 3 aliphatic heterocycles. The first-order valence-electron chi connectivity index (χ1n) is 11.3. The molecule has 1 saturated heterocycles. The highest BCUT2D eigenvalue weighted by atomic mass is 79.9. The summed E-state index contributed by atoms with van der Waals surface area (Å²) >= 11 is 3.32. The molecule has 0 N–H and O–H groups in total. The number of rotatable bonds is 3. The normalized spacial score (nSPS) is 19.3. The molecule has 1 aromatic heterocycles. The van der Waals surface area contributed by atoms with Crippen LogP contribution in [0.4, 0.5) is 20.3 Å². The van der Waals surface area contributed by atoms with Crippen molar-refractivity contribution in [2.75, 3.05) is 31.2 Å². The lowest BCUT2D eigenvalue weighted by Gasteiger charge is -2.33. The van der Waals surface area contributed by atoms with Crippen molar-refractivity contribution in [1.29, 1.82) is 0 Å². The van der Waals surface area contributed by atoms with Crippen LogP contribution in [0.15, 0.2) is 16.6 Å². The van der Waals surface area contributed by atoms with Crippen LogP contribution in [0.1, 0.15) is 61.0 Å². The molecule has 0 saturated carbocycles. The van der Waals surface area contributed by atoms with E-state index in [9.17, 15) is 13.6 Å². The van der Waals surface area contributed by atoms with Crippen LogP contribution in [0.5, 0.6) is 0 Å². The summed E-state index contributed by atoms with van der Waals surface area (Å²) < 4.78 is 35.5. The molecule has 0 aliphatic carbocycles. The maximum Gasteiger partial charge on any atom is 0.265 e. The Morgan fingerprint density at radius 2 is 2.00 bits per heavy atom. The van der Waals surface area contributed by atoms with Crippen LogP contribution in [0.25, 0.3) is 0 Å². The van der Waals surface area contributed by atoms with E-state index in [2.05, 4.69) is 25.5 Å². The predicted molar refractivity (Wildman–Crippen MR) is 121 cm³/mol. The average molecular weight is 509 g/mol. The minimum absolute atomic E-state index is 0.00116. The zero-order chi connectivity index (χ0) is 22.4. The van der Waals surface area contributed by atoms with Gasteiger partial charge in [0.05, 0.1) is 12.6 Å². The minimum atomic E-state index is -2.56. The Morgan fingerprint density at radius 1 is 1.22 bits per heavy atom. The molecule has 1 fully saturated rings. The average Bonchev–Trinajstić information content (AvgIpc) is 3.17. The fourth-order valence-corrected chi connectivity index (χ4v) is 5.72. The molecule has 9 heteroatoms. The van der Waals surface area contributed by atoms with Crippen LogP contribution in [-0.4, -0.2) is 46.9 Å². The maximum absolute atomic E-state index is 13.7. The highest BCUT2D eigenvalue weighted by Gasteiger charge is 2.33. The van der Waals surface area contributed by atoms with Crippen molar-refractivity contribution in [3.63, 3.8) is 0 Å². The largest absolute Gasteiger partial charge is 0.381 e. The zero-order valence-electron chi connectivity index (χ0n) is 18.1. The van der Waals surface area contributed by atoms with Gasteiger partial charge in [0.25, 0.3) is 6.43 Å². The number of alkyl halides is 2. The first kappa shape index (κ1) is 21.8. The van der Waals surface area contributed by atoms with E-state index in [1.54, 1.807) is 13.0 Å². The Kier molecular flexibility index (Phi) is 5.96. The van der Waals surface area contributed by atoms with Crippen LogP contribution in [0.3, 0.4) is 0 Å². The standard InChI is InChI=1S/C23H27BrF2N4O2/c1-14(31)28-8-4-20-18(13-28)23(27-30(20)16-5-9-32-10-6-16)29-7-2-3-15-11-19(24)17(22(25)26)12-21(15)29/h11-12,16,22H,2-10,13H2,1H3. The van der Waals surface area contributed by atoms with Gasteiger partial charge in [0, 0.05) is 66.6 Å². The molecule has 4 heterocycles. The number of hydrogen-bond acceptors (Lipinski definition) is 4. The van der Waals surface area contributed by atoms with Crippen LogP contribution < -0.4 is 4.90 Å². The number of aromatic nitrogens is 2. The Labute approximate surface area is 194 Å². The third-order valence-electron chi connectivity index (χ3n) is 6.85. The second kappa shape index (κ2) is 8.74. The maximum atomic E-state index is 13.7. The van der Waals surface area contributed by atoms with Crippen LogP contribution in [-0.2, 0) is 28.9 Å². The number of carbonyl (C=O) groups excluding carboxylic acids is 1. The van der Waals surface area contributed by atoms with Gasteiger partial charge in [-0.3, -0.25) is 9.48 Å². The third-order valence-corrected chi connectivity index (χ3v) is 7.54. The molecule has 172 valence electrons. The number of halogens is 3. The molecule has 1 amide bonds. The molecule has 32 heavy (non-hydrogen) atoms. The molecule has 2 aromatic rings. The number of ether oxygens (including phenoxy) is 1. The Hall–Kier alpha value is -2.00. The molecule has 0 bridgehead atoms. The van der Waals surface area contributed by atoms with E-state index in [-0.39, 0.29) is 17.5 Å². The van der Waals surface area contributed by atoms with E-state index in [0.717, 1.165) is 54.7 Å². The van der Waals surface area contributed by atoms with E-state index in [1.807, 2.05) is 11.0 Å². The number of nitrogens with zero attached hydrogens (tertiary/aromatic N) is 4. The van der Waals surface area contributed by atoms with Crippen molar-refractivity contribution in [3.05, 3.63) is 39.0 Å². The molecule has 0 unspecified atom stereocenters. The number of amides is 1. The smallest absolute Gasteiger partial charge is 0.265 e. The molecule has 6 nitrogen and oxygen atoms in total. The lowest BCUT2D eigenvalue weighted by molar-refractivity contribution is -0.129. The first-order valence-corrected chi connectivity index (χ1v) is 12.0. The Bertz CT molecular complexity index is 1040. The van der Waals surface area contributed by atoms with Gasteiger partial charge in [0.15, 0.2) is 5.82 Å². The van der Waals surface area contributed by atoms with Crippen molar-refractivity contribution >= 4 is 33.3 Å². The lowest BCUT2D eigenvalue weighted by Crippen LogP contribution is -2.36. The number of fused-ring (bicyclic) bond motifs is 2. The van der Waals surface area contributed by atoms with E-state index in [1.165, 1.54) is 5.69 Å². The highest BCUT2D eigenvalue weighted by molar-refractivity contribution is 9.10. The van der Waals surface area contributed by atoms with Crippen LogP contribution >= 0.6 is 15.9 Å². The number of hydrogen-bond donors (Lipinski definition) is 0. The third kappa shape index (κ3) is 3.83. The number of anilines is 2. The van der Waals surface area contributed by atoms with Crippen molar-refractivity contribution in [2.45, 2.75) is 58.0 Å². The number of aryl methyl sites for hydroxylation is 1. The molecular formula is C23H27BrF2N4O2. The van der Waals surface area contributed by atoms with E-state index in [0.29, 0.717) is 37.3 Å². The van der Waals surface area contributed by atoms with Gasteiger partial charge in [0.2, 0.25) is 5.91 Å². The fourth-order valence-electron chi connectivity index (χ4n) is 5.15. The van der Waals surface area contributed by atoms with Gasteiger partial charge < -0.3 is 14.5 Å². The Balaban J connectivity index is 1.62. The minimum Gasteiger partial charge on any atom is -0.381 e. The summed E-state index contributed by atoms with van der Waals surface area (Å²) in [6.07, 6.45) is 1.77. The van der Waals surface area contributed by atoms with E-state index in [4.69, 9.17) is 9.84 Å². The second-order valence-corrected chi connectivity index (χ2v) is 9.64. The van der Waals surface area contributed by atoms with Crippen molar-refractivity contribution in [2.24, 2.45) is 0 Å².